The van der Waals surface area contributed by atoms with Crippen LogP contribution in [0.25, 0.3) is 0 Å². The number of ether oxygens (including phenoxy) is 2. The van der Waals surface area contributed by atoms with Gasteiger partial charge >= 0.3 is 18.1 Å². The van der Waals surface area contributed by atoms with Crippen LogP contribution in [0.1, 0.15) is 6.42 Å². The van der Waals surface area contributed by atoms with Crippen LogP contribution in [0.3, 0.4) is 0 Å². The van der Waals surface area contributed by atoms with E-state index in [9.17, 15) is 36.3 Å². The Labute approximate surface area is 133 Å². The van der Waals surface area contributed by atoms with E-state index in [4.69, 9.17) is 9.29 Å². The van der Waals surface area contributed by atoms with Crippen molar-refractivity contribution in [2.75, 3.05) is 5.75 Å². The van der Waals surface area contributed by atoms with Crippen molar-refractivity contribution in [1.82, 2.24) is 0 Å². The zero-order valence-electron chi connectivity index (χ0n) is 11.8. The third-order valence-electron chi connectivity index (χ3n) is 4.83. The van der Waals surface area contributed by atoms with Crippen LogP contribution in [0.15, 0.2) is 0 Å². The molecular weight excluding hydrogens is 361 g/mol. The van der Waals surface area contributed by atoms with Crippen LogP contribution in [0.4, 0.5) is 13.2 Å². The van der Waals surface area contributed by atoms with Crippen molar-refractivity contribution in [3.63, 3.8) is 0 Å². The number of aliphatic hydroxyl groups excluding tert-OH is 1. The van der Waals surface area contributed by atoms with Gasteiger partial charge in [-0.2, -0.15) is 21.6 Å². The van der Waals surface area contributed by atoms with E-state index in [-0.39, 0.29) is 6.42 Å². The molecule has 0 amide bonds. The highest BCUT2D eigenvalue weighted by atomic mass is 32.2. The number of carbonyl (C=O) groups is 2. The summed E-state index contributed by atoms with van der Waals surface area (Å²) in [6.45, 7) is 0. The van der Waals surface area contributed by atoms with Gasteiger partial charge in [0.1, 0.15) is 11.9 Å². The van der Waals surface area contributed by atoms with E-state index in [1.165, 1.54) is 0 Å². The van der Waals surface area contributed by atoms with E-state index in [0.29, 0.717) is 0 Å². The molecule has 0 aromatic carbocycles. The highest BCUT2D eigenvalue weighted by molar-refractivity contribution is 7.85. The molecule has 0 aromatic heterocycles. The number of halogens is 3. The van der Waals surface area contributed by atoms with E-state index in [1.54, 1.807) is 0 Å². The fourth-order valence-corrected chi connectivity index (χ4v) is 4.58. The van der Waals surface area contributed by atoms with Crippen molar-refractivity contribution in [2.45, 2.75) is 30.9 Å². The number of carbonyl (C=O) groups excluding carboxylic acids is 2. The quantitative estimate of drug-likeness (QED) is 0.499. The van der Waals surface area contributed by atoms with Crippen molar-refractivity contribution in [2.24, 2.45) is 23.7 Å². The Bertz CT molecular complexity index is 674. The number of rotatable bonds is 4. The summed E-state index contributed by atoms with van der Waals surface area (Å²) in [6.07, 6.45) is -10.0. The minimum absolute atomic E-state index is 0.233. The zero-order chi connectivity index (χ0) is 18.0. The van der Waals surface area contributed by atoms with Gasteiger partial charge < -0.3 is 14.6 Å². The molecule has 136 valence electrons. The molecule has 8 nitrogen and oxygen atoms in total. The summed E-state index contributed by atoms with van der Waals surface area (Å²) in [5, 5.41) is 9.98. The van der Waals surface area contributed by atoms with Gasteiger partial charge in [-0.15, -0.1) is 0 Å². The Morgan fingerprint density at radius 1 is 1.38 bits per heavy atom. The normalized spacial score (nSPS) is 39.0. The second kappa shape index (κ2) is 5.30. The van der Waals surface area contributed by atoms with E-state index >= 15 is 0 Å². The second-order valence-corrected chi connectivity index (χ2v) is 7.72. The Kier molecular flexibility index (Phi) is 3.85. The fourth-order valence-electron chi connectivity index (χ4n) is 3.95. The third-order valence-corrected chi connectivity index (χ3v) is 5.56. The first-order valence-electron chi connectivity index (χ1n) is 7.01. The number of aliphatic hydroxyl groups is 1. The summed E-state index contributed by atoms with van der Waals surface area (Å²) in [5.74, 6) is -7.66. The van der Waals surface area contributed by atoms with Crippen LogP contribution in [-0.2, 0) is 29.2 Å². The maximum atomic E-state index is 12.8. The van der Waals surface area contributed by atoms with E-state index < -0.39 is 76.0 Å². The molecule has 1 heterocycles. The molecule has 2 aliphatic carbocycles. The topological polar surface area (TPSA) is 127 Å². The molecule has 12 heteroatoms. The van der Waals surface area contributed by atoms with Crippen LogP contribution in [0.2, 0.25) is 0 Å². The summed E-state index contributed by atoms with van der Waals surface area (Å²) < 4.78 is 77.7. The molecule has 6 unspecified atom stereocenters. The summed E-state index contributed by atoms with van der Waals surface area (Å²) in [5.41, 5.74) is 0. The van der Waals surface area contributed by atoms with E-state index in [2.05, 4.69) is 4.74 Å². The molecule has 3 rings (SSSR count). The standard InChI is InChI=1S/C12H13F3O8S/c13-12(14,15)5(2-24(19,20)21)22-10(17)6-3-1-4-7(6)11(18)23-9(4)8(3)16/h3-9,16H,1-2H2,(H,19,20,21)/t3?,4?,5?,6?,7?,8?,9-/m0/s1. The molecular formula is C12H13F3O8S. The highest BCUT2D eigenvalue weighted by Gasteiger charge is 2.69. The summed E-state index contributed by atoms with van der Waals surface area (Å²) in [4.78, 5) is 23.9. The van der Waals surface area contributed by atoms with Crippen LogP contribution in [-0.4, -0.2) is 60.3 Å². The van der Waals surface area contributed by atoms with Gasteiger partial charge in [0, 0.05) is 11.8 Å². The Balaban J connectivity index is 1.80. The number of hydrogen-bond donors (Lipinski definition) is 2. The summed E-state index contributed by atoms with van der Waals surface area (Å²) >= 11 is 0. The highest BCUT2D eigenvalue weighted by Crippen LogP contribution is 2.58. The molecule has 24 heavy (non-hydrogen) atoms. The van der Waals surface area contributed by atoms with Gasteiger partial charge in [0.2, 0.25) is 6.10 Å². The lowest BCUT2D eigenvalue weighted by Crippen LogP contribution is -2.45. The fraction of sp³-hybridized carbons (Fsp3) is 0.833. The van der Waals surface area contributed by atoms with E-state index in [1.807, 2.05) is 0 Å². The number of esters is 2. The van der Waals surface area contributed by atoms with Gasteiger partial charge in [-0.1, -0.05) is 0 Å². The lowest BCUT2D eigenvalue weighted by Gasteiger charge is -2.29. The van der Waals surface area contributed by atoms with E-state index in [0.717, 1.165) is 0 Å². The monoisotopic (exact) mass is 374 g/mol. The molecule has 3 fully saturated rings. The zero-order valence-corrected chi connectivity index (χ0v) is 12.7. The summed E-state index contributed by atoms with van der Waals surface area (Å²) in [6, 6.07) is 0. The Morgan fingerprint density at radius 2 is 2.00 bits per heavy atom. The molecule has 1 saturated heterocycles. The first-order valence-corrected chi connectivity index (χ1v) is 8.62. The van der Waals surface area contributed by atoms with Gasteiger partial charge in [0.15, 0.2) is 0 Å². The third kappa shape index (κ3) is 2.75. The minimum atomic E-state index is -5.22. The first-order chi connectivity index (χ1) is 10.9. The molecule has 2 saturated carbocycles. The van der Waals surface area contributed by atoms with Crippen molar-refractivity contribution >= 4 is 22.1 Å². The van der Waals surface area contributed by atoms with Gasteiger partial charge in [-0.25, -0.2) is 0 Å². The smallest absolute Gasteiger partial charge is 0.426 e. The predicted molar refractivity (Wildman–Crippen MR) is 66.8 cm³/mol. The lowest BCUT2D eigenvalue weighted by atomic mass is 9.78. The summed E-state index contributed by atoms with van der Waals surface area (Å²) in [7, 11) is -5.06. The SMILES string of the molecule is O=C(OC(CS(=O)(=O)O)C(F)(F)F)C1C2CC3C1C(=O)O[C@@H]3C2O. The lowest BCUT2D eigenvalue weighted by molar-refractivity contribution is -0.219. The average Bonchev–Trinajstić information content (AvgIpc) is 2.99. The molecule has 1 aliphatic heterocycles. The largest absolute Gasteiger partial charge is 0.459 e. The van der Waals surface area contributed by atoms with Crippen LogP contribution in [0.5, 0.6) is 0 Å². The first kappa shape index (κ1) is 17.4. The second-order valence-electron chi connectivity index (χ2n) is 6.22. The van der Waals surface area contributed by atoms with Crippen molar-refractivity contribution < 1.29 is 50.3 Å². The number of alkyl halides is 3. The Morgan fingerprint density at radius 3 is 2.54 bits per heavy atom. The van der Waals surface area contributed by atoms with Crippen molar-refractivity contribution in [3.05, 3.63) is 0 Å². The van der Waals surface area contributed by atoms with Crippen molar-refractivity contribution in [1.29, 1.82) is 0 Å². The Hall–Kier alpha value is -1.40. The van der Waals surface area contributed by atoms with Crippen LogP contribution >= 0.6 is 0 Å². The predicted octanol–water partition coefficient (Wildman–Crippen LogP) is -0.483. The van der Waals surface area contributed by atoms with Crippen molar-refractivity contribution in [3.8, 4) is 0 Å². The molecule has 3 aliphatic rings. The number of hydrogen-bond acceptors (Lipinski definition) is 7. The molecule has 0 radical (unpaired) electrons. The minimum Gasteiger partial charge on any atom is -0.459 e. The molecule has 2 bridgehead atoms. The van der Waals surface area contributed by atoms with Gasteiger partial charge in [0.05, 0.1) is 17.9 Å². The average molecular weight is 374 g/mol. The van der Waals surface area contributed by atoms with Gasteiger partial charge in [-0.3, -0.25) is 14.1 Å². The maximum Gasteiger partial charge on any atom is 0.426 e. The van der Waals surface area contributed by atoms with Crippen LogP contribution < -0.4 is 0 Å². The molecule has 0 aromatic rings. The van der Waals surface area contributed by atoms with Gasteiger partial charge in [0.25, 0.3) is 10.1 Å². The number of fused-ring (bicyclic) bond motifs is 1. The van der Waals surface area contributed by atoms with Crippen LogP contribution in [0, 0.1) is 23.7 Å². The molecule has 0 spiro atoms. The van der Waals surface area contributed by atoms with Gasteiger partial charge in [-0.05, 0) is 6.42 Å². The molecule has 2 N–H and O–H groups in total. The maximum absolute atomic E-state index is 12.8. The molecule has 7 atom stereocenters.